The SMILES string of the molecule is CCN(C(=O)c1cncc(C(=O)NCc2ccco2)c1)c1cccc(C)c1. The lowest BCUT2D eigenvalue weighted by molar-refractivity contribution is 0.0947. The number of pyridine rings is 1. The Hall–Kier alpha value is -3.41. The average Bonchev–Trinajstić information content (AvgIpc) is 3.20. The fourth-order valence-electron chi connectivity index (χ4n) is 2.76. The molecule has 27 heavy (non-hydrogen) atoms. The Morgan fingerprint density at radius 3 is 2.63 bits per heavy atom. The Morgan fingerprint density at radius 2 is 1.93 bits per heavy atom. The average molecular weight is 363 g/mol. The second-order valence-corrected chi connectivity index (χ2v) is 6.11. The standard InChI is InChI=1S/C21H21N3O3/c1-3-24(18-7-4-6-15(2)10-18)21(26)17-11-16(12-22-13-17)20(25)23-14-19-8-5-9-27-19/h4-13H,3,14H2,1-2H3,(H,23,25). The van der Waals surface area contributed by atoms with E-state index in [1.54, 1.807) is 29.4 Å². The number of amides is 2. The monoisotopic (exact) mass is 363 g/mol. The van der Waals surface area contributed by atoms with Crippen LogP contribution >= 0.6 is 0 Å². The van der Waals surface area contributed by atoms with E-state index in [1.165, 1.54) is 12.4 Å². The minimum atomic E-state index is -0.313. The van der Waals surface area contributed by atoms with Gasteiger partial charge in [0.2, 0.25) is 0 Å². The number of nitrogens with one attached hydrogen (secondary N) is 1. The number of carbonyl (C=O) groups excluding carboxylic acids is 2. The van der Waals surface area contributed by atoms with Crippen LogP contribution < -0.4 is 10.2 Å². The lowest BCUT2D eigenvalue weighted by atomic mass is 10.1. The number of aromatic nitrogens is 1. The maximum atomic E-state index is 12.9. The number of furan rings is 1. The Morgan fingerprint density at radius 1 is 1.11 bits per heavy atom. The number of anilines is 1. The van der Waals surface area contributed by atoms with E-state index in [0.717, 1.165) is 11.3 Å². The largest absolute Gasteiger partial charge is 0.467 e. The van der Waals surface area contributed by atoms with Gasteiger partial charge in [-0.2, -0.15) is 0 Å². The van der Waals surface area contributed by atoms with Gasteiger partial charge < -0.3 is 14.6 Å². The van der Waals surface area contributed by atoms with Crippen molar-refractivity contribution in [3.8, 4) is 0 Å². The maximum absolute atomic E-state index is 12.9. The highest BCUT2D eigenvalue weighted by molar-refractivity contribution is 6.07. The molecule has 1 N–H and O–H groups in total. The molecule has 0 aliphatic heterocycles. The summed E-state index contributed by atoms with van der Waals surface area (Å²) in [5.41, 5.74) is 2.58. The first-order chi connectivity index (χ1) is 13.1. The van der Waals surface area contributed by atoms with Gasteiger partial charge in [0.05, 0.1) is 23.9 Å². The van der Waals surface area contributed by atoms with Crippen molar-refractivity contribution in [1.29, 1.82) is 0 Å². The van der Waals surface area contributed by atoms with Crippen molar-refractivity contribution in [3.63, 3.8) is 0 Å². The van der Waals surface area contributed by atoms with Gasteiger partial charge in [-0.1, -0.05) is 12.1 Å². The number of hydrogen-bond donors (Lipinski definition) is 1. The highest BCUT2D eigenvalue weighted by Crippen LogP contribution is 2.18. The summed E-state index contributed by atoms with van der Waals surface area (Å²) in [5.74, 6) is 0.142. The van der Waals surface area contributed by atoms with Crippen LogP contribution in [0.25, 0.3) is 0 Å². The summed E-state index contributed by atoms with van der Waals surface area (Å²) < 4.78 is 5.20. The van der Waals surface area contributed by atoms with Crippen molar-refractivity contribution in [2.24, 2.45) is 0 Å². The van der Waals surface area contributed by atoms with Gasteiger partial charge in [-0.3, -0.25) is 14.6 Å². The van der Waals surface area contributed by atoms with E-state index < -0.39 is 0 Å². The molecular formula is C21H21N3O3. The summed E-state index contributed by atoms with van der Waals surface area (Å²) >= 11 is 0. The summed E-state index contributed by atoms with van der Waals surface area (Å²) in [6.07, 6.45) is 4.47. The molecule has 0 aliphatic carbocycles. The van der Waals surface area contributed by atoms with Crippen LogP contribution in [0.1, 0.15) is 39.0 Å². The molecule has 2 aromatic heterocycles. The van der Waals surface area contributed by atoms with Crippen molar-refractivity contribution in [2.45, 2.75) is 20.4 Å². The molecule has 0 saturated carbocycles. The zero-order chi connectivity index (χ0) is 19.2. The van der Waals surface area contributed by atoms with E-state index in [9.17, 15) is 9.59 Å². The highest BCUT2D eigenvalue weighted by atomic mass is 16.3. The predicted molar refractivity (Wildman–Crippen MR) is 103 cm³/mol. The zero-order valence-electron chi connectivity index (χ0n) is 15.3. The highest BCUT2D eigenvalue weighted by Gasteiger charge is 2.18. The van der Waals surface area contributed by atoms with Crippen LogP contribution in [0.4, 0.5) is 5.69 Å². The second-order valence-electron chi connectivity index (χ2n) is 6.11. The van der Waals surface area contributed by atoms with Crippen LogP contribution in [0.3, 0.4) is 0 Å². The minimum Gasteiger partial charge on any atom is -0.467 e. The number of nitrogens with zero attached hydrogens (tertiary/aromatic N) is 2. The van der Waals surface area contributed by atoms with Gasteiger partial charge in [0.15, 0.2) is 0 Å². The molecule has 0 bridgehead atoms. The van der Waals surface area contributed by atoms with Gasteiger partial charge in [-0.05, 0) is 49.7 Å². The molecule has 138 valence electrons. The molecule has 0 spiro atoms. The molecule has 0 unspecified atom stereocenters. The summed E-state index contributed by atoms with van der Waals surface area (Å²) in [6.45, 7) is 4.67. The van der Waals surface area contributed by atoms with Crippen molar-refractivity contribution < 1.29 is 14.0 Å². The lowest BCUT2D eigenvalue weighted by Crippen LogP contribution is -2.31. The summed E-state index contributed by atoms with van der Waals surface area (Å²) in [6, 6.07) is 12.8. The van der Waals surface area contributed by atoms with Gasteiger partial charge in [0.25, 0.3) is 11.8 Å². The summed E-state index contributed by atoms with van der Waals surface area (Å²) in [7, 11) is 0. The number of carbonyl (C=O) groups is 2. The first-order valence-corrected chi connectivity index (χ1v) is 8.72. The number of aryl methyl sites for hydroxylation is 1. The van der Waals surface area contributed by atoms with Gasteiger partial charge in [0, 0.05) is 24.6 Å². The van der Waals surface area contributed by atoms with Gasteiger partial charge in [-0.25, -0.2) is 0 Å². The summed E-state index contributed by atoms with van der Waals surface area (Å²) in [5, 5.41) is 2.75. The summed E-state index contributed by atoms with van der Waals surface area (Å²) in [4.78, 5) is 31.0. The number of rotatable bonds is 6. The Bertz CT molecular complexity index is 935. The van der Waals surface area contributed by atoms with Crippen LogP contribution in [0.15, 0.2) is 65.5 Å². The van der Waals surface area contributed by atoms with E-state index in [2.05, 4.69) is 10.3 Å². The maximum Gasteiger partial charge on any atom is 0.259 e. The topological polar surface area (TPSA) is 75.4 Å². The molecule has 6 nitrogen and oxygen atoms in total. The Kier molecular flexibility index (Phi) is 5.66. The fourth-order valence-corrected chi connectivity index (χ4v) is 2.76. The van der Waals surface area contributed by atoms with E-state index in [4.69, 9.17) is 4.42 Å². The molecule has 0 aliphatic rings. The third kappa shape index (κ3) is 4.41. The first kappa shape index (κ1) is 18.4. The molecule has 2 heterocycles. The molecule has 0 fully saturated rings. The molecule has 0 saturated heterocycles. The van der Waals surface area contributed by atoms with Crippen LogP contribution in [-0.4, -0.2) is 23.3 Å². The number of hydrogen-bond acceptors (Lipinski definition) is 4. The molecule has 3 rings (SSSR count). The molecule has 0 radical (unpaired) electrons. The third-order valence-electron chi connectivity index (χ3n) is 4.13. The molecule has 1 aromatic carbocycles. The van der Waals surface area contributed by atoms with E-state index in [1.807, 2.05) is 38.1 Å². The van der Waals surface area contributed by atoms with Crippen molar-refractivity contribution in [2.75, 3.05) is 11.4 Å². The van der Waals surface area contributed by atoms with Gasteiger partial charge in [0.1, 0.15) is 5.76 Å². The van der Waals surface area contributed by atoms with Gasteiger partial charge in [-0.15, -0.1) is 0 Å². The van der Waals surface area contributed by atoms with E-state index >= 15 is 0 Å². The normalized spacial score (nSPS) is 10.4. The lowest BCUT2D eigenvalue weighted by Gasteiger charge is -2.21. The smallest absolute Gasteiger partial charge is 0.259 e. The third-order valence-corrected chi connectivity index (χ3v) is 4.13. The second kappa shape index (κ2) is 8.31. The van der Waals surface area contributed by atoms with Crippen LogP contribution in [0, 0.1) is 6.92 Å². The van der Waals surface area contributed by atoms with Crippen LogP contribution in [0.5, 0.6) is 0 Å². The van der Waals surface area contributed by atoms with Crippen molar-refractivity contribution in [1.82, 2.24) is 10.3 Å². The quantitative estimate of drug-likeness (QED) is 0.726. The van der Waals surface area contributed by atoms with Crippen molar-refractivity contribution >= 4 is 17.5 Å². The molecule has 6 heteroatoms. The fraction of sp³-hybridized carbons (Fsp3) is 0.190. The first-order valence-electron chi connectivity index (χ1n) is 8.72. The van der Waals surface area contributed by atoms with Crippen LogP contribution in [-0.2, 0) is 6.54 Å². The van der Waals surface area contributed by atoms with Gasteiger partial charge >= 0.3 is 0 Å². The van der Waals surface area contributed by atoms with Crippen molar-refractivity contribution in [3.05, 3.63) is 83.6 Å². The Labute approximate surface area is 157 Å². The van der Waals surface area contributed by atoms with E-state index in [0.29, 0.717) is 23.4 Å². The predicted octanol–water partition coefficient (Wildman–Crippen LogP) is 3.58. The van der Waals surface area contributed by atoms with E-state index in [-0.39, 0.29) is 18.4 Å². The zero-order valence-corrected chi connectivity index (χ0v) is 15.3. The molecule has 2 amide bonds. The molecule has 0 atom stereocenters. The Balaban J connectivity index is 1.77. The molecular weight excluding hydrogens is 342 g/mol. The number of benzene rings is 1. The van der Waals surface area contributed by atoms with Crippen LogP contribution in [0.2, 0.25) is 0 Å². The molecule has 3 aromatic rings. The minimum absolute atomic E-state index is 0.198.